The van der Waals surface area contributed by atoms with Gasteiger partial charge in [-0.3, -0.25) is 10.2 Å². The Bertz CT molecular complexity index is 1220. The van der Waals surface area contributed by atoms with Gasteiger partial charge < -0.3 is 16.0 Å². The Balaban J connectivity index is 1.76. The van der Waals surface area contributed by atoms with Crippen molar-refractivity contribution in [3.63, 3.8) is 0 Å². The van der Waals surface area contributed by atoms with Crippen LogP contribution >= 0.6 is 22.6 Å². The third kappa shape index (κ3) is 7.11. The van der Waals surface area contributed by atoms with E-state index in [1.165, 1.54) is 6.07 Å². The molecule has 0 aliphatic heterocycles. The third-order valence-electron chi connectivity index (χ3n) is 4.75. The summed E-state index contributed by atoms with van der Waals surface area (Å²) in [5, 5.41) is 17.1. The number of hydrogen-bond acceptors (Lipinski definition) is 3. The quantitative estimate of drug-likeness (QED) is 0.217. The molecule has 0 saturated heterocycles. The molecule has 0 spiro atoms. The molecule has 0 aliphatic carbocycles. The number of hydrogen-bond donors (Lipinski definition) is 4. The summed E-state index contributed by atoms with van der Waals surface area (Å²) in [7, 11) is 0. The van der Waals surface area contributed by atoms with Crippen molar-refractivity contribution in [1.82, 2.24) is 5.32 Å². The van der Waals surface area contributed by atoms with E-state index in [-0.39, 0.29) is 29.6 Å². The van der Waals surface area contributed by atoms with Gasteiger partial charge >= 0.3 is 6.03 Å². The van der Waals surface area contributed by atoms with Gasteiger partial charge in [0.05, 0.1) is 17.8 Å². The average molecular weight is 572 g/mol. The van der Waals surface area contributed by atoms with Gasteiger partial charge in [-0.1, -0.05) is 30.3 Å². The summed E-state index contributed by atoms with van der Waals surface area (Å²) in [5.41, 5.74) is 2.39. The van der Waals surface area contributed by atoms with Gasteiger partial charge in [-0.25, -0.2) is 9.18 Å². The van der Waals surface area contributed by atoms with Crippen molar-refractivity contribution in [1.29, 1.82) is 5.41 Å². The predicted octanol–water partition coefficient (Wildman–Crippen LogP) is 5.95. The van der Waals surface area contributed by atoms with Gasteiger partial charge in [0.25, 0.3) is 0 Å². The highest BCUT2D eigenvalue weighted by Gasteiger charge is 2.16. The van der Waals surface area contributed by atoms with Crippen LogP contribution in [0.1, 0.15) is 37.5 Å². The van der Waals surface area contributed by atoms with Crippen LogP contribution in [0.15, 0.2) is 66.7 Å². The lowest BCUT2D eigenvalue weighted by Gasteiger charge is -2.20. The number of halogens is 2. The SMILES string of the molecule is CC(C)(C)NC(=O)Nc1ccc(C(=N)c2cc(I)ccc2NC(=O)Cc2ccccc2F)cc1. The van der Waals surface area contributed by atoms with Crippen LogP contribution in [0.2, 0.25) is 0 Å². The van der Waals surface area contributed by atoms with Crippen LogP contribution in [0, 0.1) is 14.8 Å². The van der Waals surface area contributed by atoms with E-state index in [0.717, 1.165) is 3.57 Å². The fourth-order valence-electron chi connectivity index (χ4n) is 3.22. The Morgan fingerprint density at radius 1 is 0.971 bits per heavy atom. The second-order valence-electron chi connectivity index (χ2n) is 8.79. The van der Waals surface area contributed by atoms with Crippen molar-refractivity contribution >= 4 is 51.6 Å². The van der Waals surface area contributed by atoms with Crippen molar-refractivity contribution in [2.45, 2.75) is 32.7 Å². The highest BCUT2D eigenvalue weighted by molar-refractivity contribution is 14.1. The molecule has 0 aliphatic rings. The summed E-state index contributed by atoms with van der Waals surface area (Å²) in [6.45, 7) is 5.68. The van der Waals surface area contributed by atoms with Crippen LogP contribution < -0.4 is 16.0 Å². The molecule has 3 aromatic rings. The Labute approximate surface area is 212 Å². The zero-order valence-corrected chi connectivity index (χ0v) is 21.3. The minimum absolute atomic E-state index is 0.109. The Morgan fingerprint density at radius 2 is 1.65 bits per heavy atom. The monoisotopic (exact) mass is 572 g/mol. The van der Waals surface area contributed by atoms with Gasteiger partial charge in [0.1, 0.15) is 5.82 Å². The molecule has 0 heterocycles. The number of benzene rings is 3. The molecule has 176 valence electrons. The fraction of sp³-hybridized carbons (Fsp3) is 0.192. The molecule has 0 atom stereocenters. The van der Waals surface area contributed by atoms with Gasteiger partial charge in [0, 0.05) is 25.9 Å². The number of carbonyl (C=O) groups excluding carboxylic acids is 2. The zero-order chi connectivity index (χ0) is 24.9. The number of carbonyl (C=O) groups is 2. The molecular formula is C26H26FIN4O2. The van der Waals surface area contributed by atoms with Gasteiger partial charge in [-0.05, 0) is 85.3 Å². The molecule has 0 unspecified atom stereocenters. The molecule has 3 rings (SSSR count). The van der Waals surface area contributed by atoms with Crippen molar-refractivity contribution in [3.05, 3.63) is 92.8 Å². The maximum atomic E-state index is 13.9. The number of nitrogens with one attached hydrogen (secondary N) is 4. The summed E-state index contributed by atoms with van der Waals surface area (Å²) in [4.78, 5) is 24.7. The number of rotatable bonds is 6. The minimum atomic E-state index is -0.432. The van der Waals surface area contributed by atoms with Crippen LogP contribution in [0.4, 0.5) is 20.6 Å². The van der Waals surface area contributed by atoms with E-state index in [2.05, 4.69) is 38.5 Å². The first-order valence-corrected chi connectivity index (χ1v) is 11.7. The number of amides is 3. The fourth-order valence-corrected chi connectivity index (χ4v) is 3.71. The highest BCUT2D eigenvalue weighted by Crippen LogP contribution is 2.24. The van der Waals surface area contributed by atoms with E-state index in [4.69, 9.17) is 5.41 Å². The van der Waals surface area contributed by atoms with Crippen molar-refractivity contribution < 1.29 is 14.0 Å². The van der Waals surface area contributed by atoms with Gasteiger partial charge in [0.15, 0.2) is 0 Å². The van der Waals surface area contributed by atoms with Crippen LogP contribution in [-0.4, -0.2) is 23.2 Å². The average Bonchev–Trinajstić information content (AvgIpc) is 2.75. The zero-order valence-electron chi connectivity index (χ0n) is 19.1. The lowest BCUT2D eigenvalue weighted by Crippen LogP contribution is -2.43. The summed E-state index contributed by atoms with van der Waals surface area (Å²) in [6, 6.07) is 18.1. The molecule has 34 heavy (non-hydrogen) atoms. The van der Waals surface area contributed by atoms with Crippen LogP contribution in [0.25, 0.3) is 0 Å². The Kier molecular flexibility index (Phi) is 8.03. The maximum Gasteiger partial charge on any atom is 0.319 e. The number of urea groups is 1. The van der Waals surface area contributed by atoms with Crippen molar-refractivity contribution in [3.8, 4) is 0 Å². The first-order valence-electron chi connectivity index (χ1n) is 10.6. The predicted molar refractivity (Wildman–Crippen MR) is 142 cm³/mol. The topological polar surface area (TPSA) is 94.1 Å². The van der Waals surface area contributed by atoms with E-state index in [9.17, 15) is 14.0 Å². The molecule has 0 aromatic heterocycles. The maximum absolute atomic E-state index is 13.9. The molecule has 8 heteroatoms. The van der Waals surface area contributed by atoms with E-state index >= 15 is 0 Å². The molecule has 0 fully saturated rings. The molecule has 0 saturated carbocycles. The van der Waals surface area contributed by atoms with E-state index in [1.807, 2.05) is 32.9 Å². The summed E-state index contributed by atoms with van der Waals surface area (Å²) in [5.74, 6) is -0.803. The number of anilines is 2. The largest absolute Gasteiger partial charge is 0.333 e. The molecule has 0 radical (unpaired) electrons. The Hall–Kier alpha value is -3.27. The minimum Gasteiger partial charge on any atom is -0.333 e. The normalized spacial score (nSPS) is 11.0. The summed E-state index contributed by atoms with van der Waals surface area (Å²) >= 11 is 2.15. The molecule has 6 nitrogen and oxygen atoms in total. The third-order valence-corrected chi connectivity index (χ3v) is 5.42. The molecular weight excluding hydrogens is 546 g/mol. The van der Waals surface area contributed by atoms with Crippen LogP contribution in [-0.2, 0) is 11.2 Å². The first-order chi connectivity index (χ1) is 16.0. The lowest BCUT2D eigenvalue weighted by molar-refractivity contribution is -0.115. The van der Waals surface area contributed by atoms with E-state index < -0.39 is 5.82 Å². The summed E-state index contributed by atoms with van der Waals surface area (Å²) < 4.78 is 14.8. The van der Waals surface area contributed by atoms with Crippen molar-refractivity contribution in [2.75, 3.05) is 10.6 Å². The van der Waals surface area contributed by atoms with Gasteiger partial charge in [-0.15, -0.1) is 0 Å². The molecule has 3 aromatic carbocycles. The van der Waals surface area contributed by atoms with Gasteiger partial charge in [-0.2, -0.15) is 0 Å². The van der Waals surface area contributed by atoms with Crippen LogP contribution in [0.3, 0.4) is 0 Å². The molecule has 0 bridgehead atoms. The second kappa shape index (κ2) is 10.8. The first kappa shape index (κ1) is 25.4. The summed E-state index contributed by atoms with van der Waals surface area (Å²) in [6.07, 6.45) is -0.109. The molecule has 4 N–H and O–H groups in total. The van der Waals surface area contributed by atoms with E-state index in [1.54, 1.807) is 48.5 Å². The van der Waals surface area contributed by atoms with E-state index in [0.29, 0.717) is 28.1 Å². The Morgan fingerprint density at radius 3 is 2.29 bits per heavy atom. The lowest BCUT2D eigenvalue weighted by atomic mass is 10.00. The standard InChI is InChI=1S/C26H26FIN4O2/c1-26(2,3)32-25(34)30-19-11-8-16(9-12-19)24(29)20-15-18(28)10-13-22(20)31-23(33)14-17-6-4-5-7-21(17)27/h4-13,15,29H,14H2,1-3H3,(H,31,33)(H2,30,32,34). The van der Waals surface area contributed by atoms with Crippen LogP contribution in [0.5, 0.6) is 0 Å². The van der Waals surface area contributed by atoms with Gasteiger partial charge in [0.2, 0.25) is 5.91 Å². The molecule has 3 amide bonds. The smallest absolute Gasteiger partial charge is 0.319 e. The van der Waals surface area contributed by atoms with Crippen molar-refractivity contribution in [2.24, 2.45) is 0 Å². The second-order valence-corrected chi connectivity index (χ2v) is 10.0. The highest BCUT2D eigenvalue weighted by atomic mass is 127.